The zero-order valence-corrected chi connectivity index (χ0v) is 9.51. The van der Waals surface area contributed by atoms with Crippen LogP contribution in [0.25, 0.3) is 0 Å². The summed E-state index contributed by atoms with van der Waals surface area (Å²) < 4.78 is 14.8. The quantitative estimate of drug-likeness (QED) is 0.857. The van der Waals surface area contributed by atoms with E-state index < -0.39 is 0 Å². The monoisotopic (exact) mass is 230 g/mol. The van der Waals surface area contributed by atoms with Crippen LogP contribution < -0.4 is 5.43 Å². The first kappa shape index (κ1) is 10.4. The minimum absolute atomic E-state index is 0.157. The Morgan fingerprint density at radius 3 is 2.35 bits per heavy atom. The van der Waals surface area contributed by atoms with E-state index in [4.69, 9.17) is 0 Å². The zero-order valence-electron chi connectivity index (χ0n) is 9.51. The fraction of sp³-hybridized carbons (Fsp3) is 0.286. The van der Waals surface area contributed by atoms with Crippen molar-refractivity contribution >= 4 is 0 Å². The van der Waals surface area contributed by atoms with Gasteiger partial charge in [-0.25, -0.2) is 4.39 Å². The molecule has 1 aliphatic rings. The standard InChI is InChI=1S/C14H15FN2/c15-13-5-3-11(4-6-13)12-9-14(10-12)16-17-7-1-2-8-17/h1-8,12,14,16H,9-10H2. The van der Waals surface area contributed by atoms with Crippen molar-refractivity contribution in [1.82, 2.24) is 4.68 Å². The molecule has 2 aromatic rings. The number of hydrogen-bond acceptors (Lipinski definition) is 1. The summed E-state index contributed by atoms with van der Waals surface area (Å²) in [6.07, 6.45) is 6.24. The van der Waals surface area contributed by atoms with Gasteiger partial charge in [-0.3, -0.25) is 4.68 Å². The molecular weight excluding hydrogens is 215 g/mol. The van der Waals surface area contributed by atoms with Crippen LogP contribution in [0.5, 0.6) is 0 Å². The number of nitrogens with one attached hydrogen (secondary N) is 1. The van der Waals surface area contributed by atoms with Crippen LogP contribution in [0.3, 0.4) is 0 Å². The molecule has 0 saturated heterocycles. The second-order valence-corrected chi connectivity index (χ2v) is 4.64. The molecule has 1 aromatic heterocycles. The van der Waals surface area contributed by atoms with Crippen molar-refractivity contribution < 1.29 is 4.39 Å². The Bertz CT molecular complexity index is 469. The van der Waals surface area contributed by atoms with Crippen molar-refractivity contribution in [3.05, 3.63) is 60.2 Å². The number of benzene rings is 1. The van der Waals surface area contributed by atoms with Crippen molar-refractivity contribution in [2.24, 2.45) is 0 Å². The molecule has 0 amide bonds. The number of rotatable bonds is 3. The van der Waals surface area contributed by atoms with Gasteiger partial charge >= 0.3 is 0 Å². The van der Waals surface area contributed by atoms with E-state index in [1.165, 1.54) is 5.56 Å². The van der Waals surface area contributed by atoms with Crippen LogP contribution in [0.2, 0.25) is 0 Å². The minimum Gasteiger partial charge on any atom is -0.323 e. The summed E-state index contributed by atoms with van der Waals surface area (Å²) >= 11 is 0. The maximum absolute atomic E-state index is 12.8. The summed E-state index contributed by atoms with van der Waals surface area (Å²) in [5.41, 5.74) is 4.66. The lowest BCUT2D eigenvalue weighted by atomic mass is 9.76. The average molecular weight is 230 g/mol. The van der Waals surface area contributed by atoms with Crippen LogP contribution in [0.4, 0.5) is 4.39 Å². The van der Waals surface area contributed by atoms with Gasteiger partial charge < -0.3 is 5.43 Å². The highest BCUT2D eigenvalue weighted by molar-refractivity contribution is 5.24. The smallest absolute Gasteiger partial charge is 0.123 e. The molecule has 3 heteroatoms. The molecule has 88 valence electrons. The van der Waals surface area contributed by atoms with E-state index in [9.17, 15) is 4.39 Å². The molecule has 1 aliphatic carbocycles. The van der Waals surface area contributed by atoms with E-state index in [1.54, 1.807) is 12.1 Å². The molecule has 1 saturated carbocycles. The van der Waals surface area contributed by atoms with Gasteiger partial charge in [-0.05, 0) is 48.6 Å². The molecular formula is C14H15FN2. The number of hydrogen-bond donors (Lipinski definition) is 1. The van der Waals surface area contributed by atoms with Crippen molar-refractivity contribution in [2.45, 2.75) is 24.8 Å². The first-order chi connectivity index (χ1) is 8.31. The highest BCUT2D eigenvalue weighted by Gasteiger charge is 2.30. The molecule has 0 atom stereocenters. The summed E-state index contributed by atoms with van der Waals surface area (Å²) in [5, 5.41) is 0. The predicted octanol–water partition coefficient (Wildman–Crippen LogP) is 3.12. The maximum Gasteiger partial charge on any atom is 0.123 e. The SMILES string of the molecule is Fc1ccc(C2CC(Nn3cccc3)C2)cc1. The average Bonchev–Trinajstić information content (AvgIpc) is 2.77. The Labute approximate surface area is 100 Å². The number of nitrogens with zero attached hydrogens (tertiary/aromatic N) is 1. The fourth-order valence-corrected chi connectivity index (χ4v) is 2.36. The summed E-state index contributed by atoms with van der Waals surface area (Å²) in [4.78, 5) is 0. The Morgan fingerprint density at radius 2 is 1.71 bits per heavy atom. The molecule has 0 unspecified atom stereocenters. The maximum atomic E-state index is 12.8. The molecule has 0 radical (unpaired) electrons. The largest absolute Gasteiger partial charge is 0.323 e. The van der Waals surface area contributed by atoms with Gasteiger partial charge in [0.1, 0.15) is 5.82 Å². The Balaban J connectivity index is 1.56. The Hall–Kier alpha value is -1.77. The van der Waals surface area contributed by atoms with E-state index in [0.29, 0.717) is 12.0 Å². The Kier molecular flexibility index (Phi) is 2.59. The van der Waals surface area contributed by atoms with Gasteiger partial charge in [0.25, 0.3) is 0 Å². The summed E-state index contributed by atoms with van der Waals surface area (Å²) in [7, 11) is 0. The van der Waals surface area contributed by atoms with Crippen molar-refractivity contribution in [3.63, 3.8) is 0 Å². The highest BCUT2D eigenvalue weighted by atomic mass is 19.1. The minimum atomic E-state index is -0.157. The van der Waals surface area contributed by atoms with E-state index in [2.05, 4.69) is 5.43 Å². The molecule has 3 rings (SSSR count). The van der Waals surface area contributed by atoms with E-state index >= 15 is 0 Å². The van der Waals surface area contributed by atoms with Crippen molar-refractivity contribution in [2.75, 3.05) is 5.43 Å². The summed E-state index contributed by atoms with van der Waals surface area (Å²) in [6, 6.07) is 11.4. The third-order valence-corrected chi connectivity index (χ3v) is 3.42. The normalized spacial score (nSPS) is 23.1. The van der Waals surface area contributed by atoms with Gasteiger partial charge in [0.2, 0.25) is 0 Å². The van der Waals surface area contributed by atoms with Crippen LogP contribution in [0.15, 0.2) is 48.8 Å². The molecule has 0 bridgehead atoms. The van der Waals surface area contributed by atoms with Crippen LogP contribution in [-0.4, -0.2) is 10.7 Å². The van der Waals surface area contributed by atoms with Gasteiger partial charge in [-0.1, -0.05) is 12.1 Å². The third kappa shape index (κ3) is 2.18. The first-order valence-corrected chi connectivity index (χ1v) is 5.96. The van der Waals surface area contributed by atoms with E-state index in [1.807, 2.05) is 41.3 Å². The molecule has 17 heavy (non-hydrogen) atoms. The second-order valence-electron chi connectivity index (χ2n) is 4.64. The highest BCUT2D eigenvalue weighted by Crippen LogP contribution is 2.37. The summed E-state index contributed by atoms with van der Waals surface area (Å²) in [5.74, 6) is 0.416. The molecule has 1 fully saturated rings. The second kappa shape index (κ2) is 4.24. The van der Waals surface area contributed by atoms with Crippen molar-refractivity contribution in [1.29, 1.82) is 0 Å². The van der Waals surface area contributed by atoms with Gasteiger partial charge in [-0.15, -0.1) is 0 Å². The molecule has 1 heterocycles. The van der Waals surface area contributed by atoms with E-state index in [0.717, 1.165) is 12.8 Å². The fourth-order valence-electron chi connectivity index (χ4n) is 2.36. The first-order valence-electron chi connectivity index (χ1n) is 5.96. The molecule has 0 spiro atoms. The number of aromatic nitrogens is 1. The van der Waals surface area contributed by atoms with Crippen LogP contribution in [0.1, 0.15) is 24.3 Å². The molecule has 0 aliphatic heterocycles. The van der Waals surface area contributed by atoms with Gasteiger partial charge in [-0.2, -0.15) is 0 Å². The number of halogens is 1. The zero-order chi connectivity index (χ0) is 11.7. The molecule has 2 nitrogen and oxygen atoms in total. The predicted molar refractivity (Wildman–Crippen MR) is 66.0 cm³/mol. The molecule has 1 N–H and O–H groups in total. The summed E-state index contributed by atoms with van der Waals surface area (Å²) in [6.45, 7) is 0. The lowest BCUT2D eigenvalue weighted by Crippen LogP contribution is -2.38. The van der Waals surface area contributed by atoms with Crippen molar-refractivity contribution in [3.8, 4) is 0 Å². The Morgan fingerprint density at radius 1 is 1.06 bits per heavy atom. The third-order valence-electron chi connectivity index (χ3n) is 3.42. The van der Waals surface area contributed by atoms with Gasteiger partial charge in [0.15, 0.2) is 0 Å². The van der Waals surface area contributed by atoms with Gasteiger partial charge in [0.05, 0.1) is 0 Å². The topological polar surface area (TPSA) is 17.0 Å². The van der Waals surface area contributed by atoms with Gasteiger partial charge in [0, 0.05) is 18.4 Å². The lowest BCUT2D eigenvalue weighted by Gasteiger charge is -2.36. The van der Waals surface area contributed by atoms with Crippen LogP contribution >= 0.6 is 0 Å². The van der Waals surface area contributed by atoms with Crippen LogP contribution in [-0.2, 0) is 0 Å². The molecule has 1 aromatic carbocycles. The van der Waals surface area contributed by atoms with E-state index in [-0.39, 0.29) is 5.82 Å². The lowest BCUT2D eigenvalue weighted by molar-refractivity contribution is 0.352. The van der Waals surface area contributed by atoms with Crippen LogP contribution in [0, 0.1) is 5.82 Å².